The third-order valence-electron chi connectivity index (χ3n) is 3.04. The van der Waals surface area contributed by atoms with Crippen LogP contribution in [0.15, 0.2) is 29.0 Å². The summed E-state index contributed by atoms with van der Waals surface area (Å²) in [6.07, 6.45) is 0.918. The van der Waals surface area contributed by atoms with Gasteiger partial charge in [-0.3, -0.25) is 9.78 Å². The Labute approximate surface area is 123 Å². The van der Waals surface area contributed by atoms with E-state index in [2.05, 4.69) is 21.0 Å². The largest absolute Gasteiger partial charge is 0.352 e. The van der Waals surface area contributed by atoms with Gasteiger partial charge in [-0.2, -0.15) is 11.3 Å². The molecule has 0 spiro atoms. The fraction of sp³-hybridized carbons (Fsp3) is 0.333. The minimum atomic E-state index is -0.0528. The number of thiophene rings is 1. The Bertz CT molecular complexity index is 567. The first-order valence-corrected chi connectivity index (χ1v) is 7.59. The number of hydrogen-bond donors (Lipinski definition) is 2. The van der Waals surface area contributed by atoms with E-state index < -0.39 is 0 Å². The molecule has 1 amide bonds. The van der Waals surface area contributed by atoms with Crippen LogP contribution in [0.3, 0.4) is 0 Å². The van der Waals surface area contributed by atoms with Gasteiger partial charge < -0.3 is 10.6 Å². The van der Waals surface area contributed by atoms with Crippen LogP contribution in [-0.4, -0.2) is 31.0 Å². The third-order valence-corrected chi connectivity index (χ3v) is 3.72. The summed E-state index contributed by atoms with van der Waals surface area (Å²) < 4.78 is 0. The monoisotopic (exact) mass is 289 g/mol. The summed E-state index contributed by atoms with van der Waals surface area (Å²) in [4.78, 5) is 16.6. The molecule has 2 aromatic heterocycles. The van der Waals surface area contributed by atoms with Crippen molar-refractivity contribution in [2.75, 3.05) is 20.1 Å². The van der Waals surface area contributed by atoms with E-state index in [4.69, 9.17) is 0 Å². The Morgan fingerprint density at radius 1 is 1.30 bits per heavy atom. The van der Waals surface area contributed by atoms with Crippen molar-refractivity contribution in [2.45, 2.75) is 13.3 Å². The maximum atomic E-state index is 12.1. The number of aromatic nitrogens is 1. The summed E-state index contributed by atoms with van der Waals surface area (Å²) in [5, 5.41) is 10.0. The van der Waals surface area contributed by atoms with Gasteiger partial charge >= 0.3 is 0 Å². The predicted octanol–water partition coefficient (Wildman–Crippen LogP) is 2.46. The van der Waals surface area contributed by atoms with Gasteiger partial charge in [-0.1, -0.05) is 0 Å². The van der Waals surface area contributed by atoms with Crippen LogP contribution in [-0.2, 0) is 0 Å². The van der Waals surface area contributed by atoms with E-state index in [1.54, 1.807) is 11.3 Å². The van der Waals surface area contributed by atoms with Crippen LogP contribution >= 0.6 is 11.3 Å². The second-order valence-electron chi connectivity index (χ2n) is 4.55. The summed E-state index contributed by atoms with van der Waals surface area (Å²) >= 11 is 1.64. The molecule has 0 aliphatic rings. The molecule has 0 saturated heterocycles. The zero-order valence-corrected chi connectivity index (χ0v) is 12.6. The molecule has 106 valence electrons. The summed E-state index contributed by atoms with van der Waals surface area (Å²) in [5.41, 5.74) is 3.42. The molecule has 2 aromatic rings. The molecule has 5 heteroatoms. The highest BCUT2D eigenvalue weighted by Crippen LogP contribution is 2.21. The van der Waals surface area contributed by atoms with Crippen LogP contribution < -0.4 is 10.6 Å². The molecule has 4 nitrogen and oxygen atoms in total. The normalized spacial score (nSPS) is 10.5. The van der Waals surface area contributed by atoms with Crippen LogP contribution in [0, 0.1) is 6.92 Å². The van der Waals surface area contributed by atoms with Crippen molar-refractivity contribution in [2.24, 2.45) is 0 Å². The molecule has 0 aliphatic carbocycles. The number of carbonyl (C=O) groups is 1. The van der Waals surface area contributed by atoms with Crippen LogP contribution in [0.4, 0.5) is 0 Å². The maximum Gasteiger partial charge on any atom is 0.253 e. The van der Waals surface area contributed by atoms with Gasteiger partial charge in [-0.15, -0.1) is 0 Å². The number of carbonyl (C=O) groups excluding carboxylic acids is 1. The minimum Gasteiger partial charge on any atom is -0.352 e. The minimum absolute atomic E-state index is 0.0528. The van der Waals surface area contributed by atoms with Crippen molar-refractivity contribution in [3.8, 4) is 11.3 Å². The molecule has 0 atom stereocenters. The first kappa shape index (κ1) is 14.7. The Morgan fingerprint density at radius 2 is 2.15 bits per heavy atom. The Hall–Kier alpha value is -1.72. The van der Waals surface area contributed by atoms with Crippen molar-refractivity contribution < 1.29 is 4.79 Å². The van der Waals surface area contributed by atoms with Crippen molar-refractivity contribution in [3.05, 3.63) is 40.2 Å². The smallest absolute Gasteiger partial charge is 0.253 e. The van der Waals surface area contributed by atoms with Gasteiger partial charge in [0.1, 0.15) is 0 Å². The van der Waals surface area contributed by atoms with E-state index in [-0.39, 0.29) is 5.91 Å². The van der Waals surface area contributed by atoms with Gasteiger partial charge in [-0.05, 0) is 50.5 Å². The standard InChI is InChI=1S/C15H19N3OS/c1-11-13(15(19)17-8-3-7-16-2)4-5-14(18-11)12-6-9-20-10-12/h4-6,9-10,16H,3,7-8H2,1-2H3,(H,17,19). The topological polar surface area (TPSA) is 54.0 Å². The SMILES string of the molecule is CNCCCNC(=O)c1ccc(-c2ccsc2)nc1C. The molecule has 0 aliphatic heterocycles. The van der Waals surface area contributed by atoms with E-state index >= 15 is 0 Å². The number of aryl methyl sites for hydroxylation is 1. The van der Waals surface area contributed by atoms with Gasteiger partial charge in [0, 0.05) is 17.5 Å². The number of pyridine rings is 1. The molecule has 0 fully saturated rings. The average Bonchev–Trinajstić information content (AvgIpc) is 2.97. The first-order chi connectivity index (χ1) is 9.72. The van der Waals surface area contributed by atoms with E-state index in [9.17, 15) is 4.79 Å². The van der Waals surface area contributed by atoms with Crippen LogP contribution in [0.2, 0.25) is 0 Å². The summed E-state index contributed by atoms with van der Waals surface area (Å²) in [7, 11) is 1.90. The van der Waals surface area contributed by atoms with E-state index in [1.165, 1.54) is 0 Å². The third kappa shape index (κ3) is 3.65. The van der Waals surface area contributed by atoms with Crippen molar-refractivity contribution >= 4 is 17.2 Å². The quantitative estimate of drug-likeness (QED) is 0.803. The second-order valence-corrected chi connectivity index (χ2v) is 5.33. The molecule has 2 N–H and O–H groups in total. The van der Waals surface area contributed by atoms with Gasteiger partial charge in [-0.25, -0.2) is 0 Å². The summed E-state index contributed by atoms with van der Waals surface area (Å²) in [6, 6.07) is 5.78. The Morgan fingerprint density at radius 3 is 2.80 bits per heavy atom. The van der Waals surface area contributed by atoms with Crippen LogP contribution in [0.25, 0.3) is 11.3 Å². The van der Waals surface area contributed by atoms with Gasteiger partial charge in [0.05, 0.1) is 17.0 Å². The predicted molar refractivity (Wildman–Crippen MR) is 83.2 cm³/mol. The Kier molecular flexibility index (Phi) is 5.26. The van der Waals surface area contributed by atoms with E-state index in [0.717, 1.165) is 29.9 Å². The molecule has 0 unspecified atom stereocenters. The fourth-order valence-electron chi connectivity index (χ4n) is 1.93. The molecule has 0 saturated carbocycles. The van der Waals surface area contributed by atoms with E-state index in [0.29, 0.717) is 12.1 Å². The van der Waals surface area contributed by atoms with Crippen LogP contribution in [0.1, 0.15) is 22.5 Å². The number of nitrogens with one attached hydrogen (secondary N) is 2. The molecule has 0 bridgehead atoms. The lowest BCUT2D eigenvalue weighted by Gasteiger charge is -2.08. The number of rotatable bonds is 6. The molecule has 2 rings (SSSR count). The molecule has 0 radical (unpaired) electrons. The molecular formula is C15H19N3OS. The van der Waals surface area contributed by atoms with Gasteiger partial charge in [0.15, 0.2) is 0 Å². The second kappa shape index (κ2) is 7.17. The van der Waals surface area contributed by atoms with Gasteiger partial charge in [0.2, 0.25) is 0 Å². The van der Waals surface area contributed by atoms with E-state index in [1.807, 2.05) is 37.6 Å². The first-order valence-electron chi connectivity index (χ1n) is 6.65. The average molecular weight is 289 g/mol. The lowest BCUT2D eigenvalue weighted by atomic mass is 10.1. The number of hydrogen-bond acceptors (Lipinski definition) is 4. The fourth-order valence-corrected chi connectivity index (χ4v) is 2.58. The summed E-state index contributed by atoms with van der Waals surface area (Å²) in [6.45, 7) is 3.44. The summed E-state index contributed by atoms with van der Waals surface area (Å²) in [5.74, 6) is -0.0528. The highest BCUT2D eigenvalue weighted by molar-refractivity contribution is 7.08. The maximum absolute atomic E-state index is 12.1. The number of amides is 1. The highest BCUT2D eigenvalue weighted by atomic mass is 32.1. The highest BCUT2D eigenvalue weighted by Gasteiger charge is 2.10. The lowest BCUT2D eigenvalue weighted by Crippen LogP contribution is -2.27. The van der Waals surface area contributed by atoms with Crippen molar-refractivity contribution in [1.82, 2.24) is 15.6 Å². The molecule has 0 aromatic carbocycles. The van der Waals surface area contributed by atoms with Crippen LogP contribution in [0.5, 0.6) is 0 Å². The van der Waals surface area contributed by atoms with Gasteiger partial charge in [0.25, 0.3) is 5.91 Å². The lowest BCUT2D eigenvalue weighted by molar-refractivity contribution is 0.0952. The molecule has 2 heterocycles. The number of nitrogens with zero attached hydrogens (tertiary/aromatic N) is 1. The molecular weight excluding hydrogens is 270 g/mol. The zero-order valence-electron chi connectivity index (χ0n) is 11.8. The molecule has 20 heavy (non-hydrogen) atoms. The van der Waals surface area contributed by atoms with Crippen molar-refractivity contribution in [1.29, 1.82) is 0 Å². The Balaban J connectivity index is 2.04. The zero-order chi connectivity index (χ0) is 14.4. The van der Waals surface area contributed by atoms with Crippen molar-refractivity contribution in [3.63, 3.8) is 0 Å².